The van der Waals surface area contributed by atoms with Crippen molar-refractivity contribution in [2.45, 2.75) is 31.5 Å². The van der Waals surface area contributed by atoms with Gasteiger partial charge >= 0.3 is 0 Å². The van der Waals surface area contributed by atoms with Crippen molar-refractivity contribution in [3.63, 3.8) is 0 Å². The fraction of sp³-hybridized carbons (Fsp3) is 0.227. The second-order valence-corrected chi connectivity index (χ2v) is 9.82. The molecule has 0 saturated carbocycles. The molecule has 0 aliphatic carbocycles. The Morgan fingerprint density at radius 3 is 2.81 bits per heavy atom. The number of thioether (sulfide) groups is 1. The smallest absolute Gasteiger partial charge is 0.263 e. The van der Waals surface area contributed by atoms with Gasteiger partial charge in [0.2, 0.25) is 11.7 Å². The van der Waals surface area contributed by atoms with Gasteiger partial charge in [0.15, 0.2) is 5.16 Å². The number of nitrogens with zero attached hydrogens (tertiary/aromatic N) is 5. The van der Waals surface area contributed by atoms with Gasteiger partial charge in [0.05, 0.1) is 5.39 Å². The van der Waals surface area contributed by atoms with E-state index in [1.54, 1.807) is 40.1 Å². The number of fused-ring (bicyclic) bond motifs is 1. The molecule has 0 aliphatic rings. The van der Waals surface area contributed by atoms with Crippen molar-refractivity contribution in [2.24, 2.45) is 0 Å². The van der Waals surface area contributed by atoms with E-state index < -0.39 is 0 Å². The highest BCUT2D eigenvalue weighted by Crippen LogP contribution is 2.34. The maximum atomic E-state index is 13.2. The number of aryl methyl sites for hydroxylation is 1. The lowest BCUT2D eigenvalue weighted by Crippen LogP contribution is -2.22. The molecule has 0 saturated heterocycles. The summed E-state index contributed by atoms with van der Waals surface area (Å²) in [6.45, 7) is 2.57. The Morgan fingerprint density at radius 1 is 1.16 bits per heavy atom. The molecule has 10 heteroatoms. The molecule has 5 rings (SSSR count). The predicted octanol–water partition coefficient (Wildman–Crippen LogP) is 5.38. The van der Waals surface area contributed by atoms with Gasteiger partial charge in [0, 0.05) is 52.5 Å². The number of thiophene rings is 2. The first-order valence-electron chi connectivity index (χ1n) is 10.2. The minimum absolute atomic E-state index is 0.0311. The maximum Gasteiger partial charge on any atom is 0.263 e. The van der Waals surface area contributed by atoms with E-state index in [4.69, 9.17) is 9.51 Å². The summed E-state index contributed by atoms with van der Waals surface area (Å²) in [4.78, 5) is 28.4. The van der Waals surface area contributed by atoms with Crippen LogP contribution in [0.25, 0.3) is 32.0 Å². The van der Waals surface area contributed by atoms with Crippen LogP contribution < -0.4 is 5.56 Å². The molecule has 0 aliphatic heterocycles. The number of hydrogen-bond acceptors (Lipinski definition) is 9. The molecular weight excluding hydrogens is 462 g/mol. The van der Waals surface area contributed by atoms with Crippen LogP contribution in [0.2, 0.25) is 0 Å². The van der Waals surface area contributed by atoms with E-state index in [2.05, 4.69) is 15.1 Å². The highest BCUT2D eigenvalue weighted by atomic mass is 32.2. The molecule has 7 nitrogen and oxygen atoms in total. The zero-order valence-corrected chi connectivity index (χ0v) is 19.7. The molecular formula is C22H19N5O2S3. The van der Waals surface area contributed by atoms with Gasteiger partial charge in [-0.2, -0.15) is 4.98 Å². The predicted molar refractivity (Wildman–Crippen MR) is 129 cm³/mol. The van der Waals surface area contributed by atoms with Crippen LogP contribution in [0, 0.1) is 0 Å². The van der Waals surface area contributed by atoms with Crippen LogP contribution in [0.5, 0.6) is 0 Å². The van der Waals surface area contributed by atoms with E-state index in [1.165, 1.54) is 11.3 Å². The van der Waals surface area contributed by atoms with E-state index in [1.807, 2.05) is 41.9 Å². The zero-order chi connectivity index (χ0) is 21.9. The first-order chi connectivity index (χ1) is 15.7. The van der Waals surface area contributed by atoms with Gasteiger partial charge in [0.1, 0.15) is 4.83 Å². The van der Waals surface area contributed by atoms with Crippen molar-refractivity contribution in [3.8, 4) is 21.8 Å². The van der Waals surface area contributed by atoms with E-state index in [-0.39, 0.29) is 5.56 Å². The number of pyridine rings is 1. The normalized spacial score (nSPS) is 11.4. The molecule has 0 radical (unpaired) electrons. The fourth-order valence-electron chi connectivity index (χ4n) is 3.37. The van der Waals surface area contributed by atoms with Crippen molar-refractivity contribution in [2.75, 3.05) is 5.75 Å². The summed E-state index contributed by atoms with van der Waals surface area (Å²) in [7, 11) is 0. The van der Waals surface area contributed by atoms with Gasteiger partial charge in [-0.05, 0) is 36.9 Å². The number of hydrogen-bond donors (Lipinski definition) is 0. The van der Waals surface area contributed by atoms with Crippen LogP contribution in [-0.4, -0.2) is 30.4 Å². The standard InChI is InChI=1S/C22H19N5O2S3/c1-2-27-21(28)18-15(16-5-3-11-30-16)13-32-20(18)25-22(27)31-12-4-6-17-24-19(26-29-17)14-7-9-23-10-8-14/h3,5,7-11,13H,2,4,6,12H2,1H3. The van der Waals surface area contributed by atoms with E-state index in [0.717, 1.165) is 43.6 Å². The Bertz CT molecular complexity index is 1390. The van der Waals surface area contributed by atoms with Crippen molar-refractivity contribution < 1.29 is 4.52 Å². The Kier molecular flexibility index (Phi) is 6.15. The van der Waals surface area contributed by atoms with Crippen LogP contribution >= 0.6 is 34.4 Å². The lowest BCUT2D eigenvalue weighted by molar-refractivity contribution is 0.378. The topological polar surface area (TPSA) is 86.7 Å². The molecule has 0 spiro atoms. The summed E-state index contributed by atoms with van der Waals surface area (Å²) in [6, 6.07) is 7.75. The quantitative estimate of drug-likeness (QED) is 0.167. The summed E-state index contributed by atoms with van der Waals surface area (Å²) in [6.07, 6.45) is 4.92. The van der Waals surface area contributed by atoms with E-state index >= 15 is 0 Å². The van der Waals surface area contributed by atoms with Gasteiger partial charge in [-0.3, -0.25) is 14.3 Å². The highest BCUT2D eigenvalue weighted by molar-refractivity contribution is 7.99. The molecule has 0 unspecified atom stereocenters. The lowest BCUT2D eigenvalue weighted by atomic mass is 10.2. The number of rotatable bonds is 8. The monoisotopic (exact) mass is 481 g/mol. The van der Waals surface area contributed by atoms with Crippen LogP contribution in [0.3, 0.4) is 0 Å². The molecule has 0 aromatic carbocycles. The first kappa shape index (κ1) is 21.0. The summed E-state index contributed by atoms with van der Waals surface area (Å²) >= 11 is 4.76. The van der Waals surface area contributed by atoms with Crippen molar-refractivity contribution in [3.05, 3.63) is 63.7 Å². The molecule has 5 aromatic heterocycles. The highest BCUT2D eigenvalue weighted by Gasteiger charge is 2.17. The molecule has 0 fully saturated rings. The SMILES string of the molecule is CCn1c(SCCCc2nc(-c3ccncc3)no2)nc2scc(-c3cccs3)c2c1=O. The first-order valence-corrected chi connectivity index (χ1v) is 12.9. The van der Waals surface area contributed by atoms with Gasteiger partial charge in [-0.1, -0.05) is 23.0 Å². The van der Waals surface area contributed by atoms with Crippen LogP contribution in [0.1, 0.15) is 19.2 Å². The van der Waals surface area contributed by atoms with Gasteiger partial charge in [-0.25, -0.2) is 4.98 Å². The number of aromatic nitrogens is 5. The molecule has 0 N–H and O–H groups in total. The summed E-state index contributed by atoms with van der Waals surface area (Å²) < 4.78 is 7.14. The Labute approximate surface area is 196 Å². The molecule has 5 aromatic rings. The molecule has 162 valence electrons. The average Bonchev–Trinajstić information content (AvgIpc) is 3.58. The largest absolute Gasteiger partial charge is 0.339 e. The average molecular weight is 482 g/mol. The Morgan fingerprint density at radius 2 is 2.03 bits per heavy atom. The molecule has 0 amide bonds. The third-order valence-corrected chi connectivity index (χ3v) is 7.77. The maximum absolute atomic E-state index is 13.2. The van der Waals surface area contributed by atoms with Crippen LogP contribution in [0.4, 0.5) is 0 Å². The Balaban J connectivity index is 1.29. The second-order valence-electron chi connectivity index (χ2n) is 6.95. The van der Waals surface area contributed by atoms with Crippen molar-refractivity contribution in [1.82, 2.24) is 24.7 Å². The van der Waals surface area contributed by atoms with Crippen LogP contribution in [0.15, 0.2) is 61.9 Å². The minimum atomic E-state index is 0.0311. The van der Waals surface area contributed by atoms with Gasteiger partial charge < -0.3 is 4.52 Å². The van der Waals surface area contributed by atoms with E-state index in [9.17, 15) is 4.79 Å². The molecule has 5 heterocycles. The molecule has 0 atom stereocenters. The lowest BCUT2D eigenvalue weighted by Gasteiger charge is -2.10. The third kappa shape index (κ3) is 4.13. The van der Waals surface area contributed by atoms with Gasteiger partial charge in [-0.15, -0.1) is 22.7 Å². The Hall–Kier alpha value is -2.82. The second kappa shape index (κ2) is 9.35. The summed E-state index contributed by atoms with van der Waals surface area (Å²) in [5.41, 5.74) is 1.90. The minimum Gasteiger partial charge on any atom is -0.339 e. The fourth-order valence-corrected chi connectivity index (χ4v) is 6.17. The zero-order valence-electron chi connectivity index (χ0n) is 17.2. The third-order valence-electron chi connectivity index (χ3n) is 4.93. The summed E-state index contributed by atoms with van der Waals surface area (Å²) in [5, 5.41) is 9.58. The molecule has 0 bridgehead atoms. The van der Waals surface area contributed by atoms with Gasteiger partial charge in [0.25, 0.3) is 5.56 Å². The van der Waals surface area contributed by atoms with E-state index in [0.29, 0.717) is 24.7 Å². The van der Waals surface area contributed by atoms with Crippen LogP contribution in [-0.2, 0) is 13.0 Å². The van der Waals surface area contributed by atoms with Crippen molar-refractivity contribution in [1.29, 1.82) is 0 Å². The van der Waals surface area contributed by atoms with Crippen molar-refractivity contribution >= 4 is 44.7 Å². The molecule has 32 heavy (non-hydrogen) atoms. The summed E-state index contributed by atoms with van der Waals surface area (Å²) in [5.74, 6) is 1.97.